The van der Waals surface area contributed by atoms with Gasteiger partial charge in [-0.15, -0.1) is 0 Å². The van der Waals surface area contributed by atoms with Crippen molar-refractivity contribution in [3.05, 3.63) is 47.3 Å². The lowest BCUT2D eigenvalue weighted by atomic mass is 10.0. The zero-order valence-corrected chi connectivity index (χ0v) is 15.0. The Morgan fingerprint density at radius 3 is 3.04 bits per heavy atom. The van der Waals surface area contributed by atoms with Crippen LogP contribution in [0.2, 0.25) is 0 Å². The van der Waals surface area contributed by atoms with Gasteiger partial charge in [0, 0.05) is 37.2 Å². The topological polar surface area (TPSA) is 67.6 Å². The number of benzene rings is 1. The first-order valence-corrected chi connectivity index (χ1v) is 8.76. The first kappa shape index (κ1) is 17.5. The maximum atomic E-state index is 13.0. The van der Waals surface area contributed by atoms with Gasteiger partial charge in [0.05, 0.1) is 18.8 Å². The van der Waals surface area contributed by atoms with Crippen molar-refractivity contribution in [2.24, 2.45) is 0 Å². The van der Waals surface area contributed by atoms with E-state index in [9.17, 15) is 4.79 Å². The van der Waals surface area contributed by atoms with E-state index in [2.05, 4.69) is 24.3 Å². The highest BCUT2D eigenvalue weighted by Crippen LogP contribution is 2.31. The quantitative estimate of drug-likeness (QED) is 0.904. The number of carbonyl (C=O) groups excluding carboxylic acids is 1. The highest BCUT2D eigenvalue weighted by atomic mass is 16.5. The van der Waals surface area contributed by atoms with Crippen LogP contribution in [0.15, 0.2) is 34.9 Å². The van der Waals surface area contributed by atoms with Crippen LogP contribution in [0.4, 0.5) is 0 Å². The Hall–Kier alpha value is -2.34. The minimum atomic E-state index is -0.126. The van der Waals surface area contributed by atoms with E-state index in [1.807, 2.05) is 29.2 Å². The summed E-state index contributed by atoms with van der Waals surface area (Å²) in [5.74, 6) is 1.24. The molecule has 0 spiro atoms. The Morgan fingerprint density at radius 2 is 2.28 bits per heavy atom. The van der Waals surface area contributed by atoms with Crippen molar-refractivity contribution in [2.75, 3.05) is 26.7 Å². The third-order valence-corrected chi connectivity index (χ3v) is 4.86. The molecule has 1 aliphatic heterocycles. The second-order valence-corrected chi connectivity index (χ2v) is 6.39. The highest BCUT2D eigenvalue weighted by molar-refractivity contribution is 5.92. The van der Waals surface area contributed by atoms with Gasteiger partial charge in [-0.2, -0.15) is 0 Å². The summed E-state index contributed by atoms with van der Waals surface area (Å²) >= 11 is 0. The Bertz CT molecular complexity index is 728. The minimum absolute atomic E-state index is 0.102. The van der Waals surface area contributed by atoms with E-state index in [0.29, 0.717) is 18.8 Å². The van der Waals surface area contributed by atoms with E-state index < -0.39 is 0 Å². The van der Waals surface area contributed by atoms with Crippen LogP contribution in [0.25, 0.3) is 0 Å². The maximum Gasteiger partial charge on any atom is 0.293 e. The molecule has 3 rings (SSSR count). The molecule has 0 radical (unpaired) electrons. The smallest absolute Gasteiger partial charge is 0.293 e. The standard InChI is InChI=1S/C19H25N3O3/c1-4-13(2)15-11-18(25-21-15)19(23)22-10-9-20-12-16(22)14-7-5-6-8-17(14)24-3/h5-8,11,13,16,20H,4,9-10,12H2,1-3H3. The number of carbonyl (C=O) groups is 1. The molecule has 1 saturated heterocycles. The van der Waals surface area contributed by atoms with Crippen molar-refractivity contribution in [3.8, 4) is 5.75 Å². The molecular formula is C19H25N3O3. The lowest BCUT2D eigenvalue weighted by molar-refractivity contribution is 0.0589. The fraction of sp³-hybridized carbons (Fsp3) is 0.474. The number of para-hydroxylation sites is 1. The Morgan fingerprint density at radius 1 is 1.48 bits per heavy atom. The van der Waals surface area contributed by atoms with E-state index in [4.69, 9.17) is 9.26 Å². The van der Waals surface area contributed by atoms with Crippen molar-refractivity contribution >= 4 is 5.91 Å². The van der Waals surface area contributed by atoms with E-state index in [-0.39, 0.29) is 17.9 Å². The number of nitrogens with zero attached hydrogens (tertiary/aromatic N) is 2. The van der Waals surface area contributed by atoms with Crippen LogP contribution in [0, 0.1) is 0 Å². The van der Waals surface area contributed by atoms with Crippen molar-refractivity contribution in [1.29, 1.82) is 0 Å². The van der Waals surface area contributed by atoms with Gasteiger partial charge in [0.15, 0.2) is 0 Å². The zero-order valence-electron chi connectivity index (χ0n) is 15.0. The number of rotatable bonds is 5. The molecule has 1 aliphatic rings. The summed E-state index contributed by atoms with van der Waals surface area (Å²) in [5, 5.41) is 7.43. The van der Waals surface area contributed by atoms with Gasteiger partial charge < -0.3 is 19.5 Å². The van der Waals surface area contributed by atoms with Gasteiger partial charge in [-0.25, -0.2) is 0 Å². The third kappa shape index (κ3) is 3.54. The Labute approximate surface area is 148 Å². The van der Waals surface area contributed by atoms with Crippen LogP contribution in [-0.2, 0) is 0 Å². The number of amides is 1. The van der Waals surface area contributed by atoms with E-state index >= 15 is 0 Å². The second-order valence-electron chi connectivity index (χ2n) is 6.39. The van der Waals surface area contributed by atoms with Gasteiger partial charge in [0.1, 0.15) is 5.75 Å². The van der Waals surface area contributed by atoms with Crippen molar-refractivity contribution in [2.45, 2.75) is 32.2 Å². The summed E-state index contributed by atoms with van der Waals surface area (Å²) in [5.41, 5.74) is 1.82. The Kier molecular flexibility index (Phi) is 5.38. The van der Waals surface area contributed by atoms with Crippen LogP contribution < -0.4 is 10.1 Å². The predicted octanol–water partition coefficient (Wildman–Crippen LogP) is 2.98. The fourth-order valence-electron chi connectivity index (χ4n) is 3.14. The molecule has 0 aliphatic carbocycles. The second kappa shape index (κ2) is 7.70. The molecule has 25 heavy (non-hydrogen) atoms. The molecule has 0 bridgehead atoms. The van der Waals surface area contributed by atoms with E-state index in [1.165, 1.54) is 0 Å². The van der Waals surface area contributed by atoms with E-state index in [1.54, 1.807) is 13.2 Å². The molecule has 6 nitrogen and oxygen atoms in total. The first-order valence-electron chi connectivity index (χ1n) is 8.76. The number of nitrogens with one attached hydrogen (secondary N) is 1. The summed E-state index contributed by atoms with van der Waals surface area (Å²) in [6.07, 6.45) is 0.956. The van der Waals surface area contributed by atoms with E-state index in [0.717, 1.165) is 30.0 Å². The van der Waals surface area contributed by atoms with Crippen molar-refractivity contribution < 1.29 is 14.1 Å². The molecular weight excluding hydrogens is 318 g/mol. The molecule has 2 aromatic rings. The van der Waals surface area contributed by atoms with Gasteiger partial charge in [-0.3, -0.25) is 4.79 Å². The van der Waals surface area contributed by atoms with Crippen LogP contribution >= 0.6 is 0 Å². The molecule has 1 aromatic heterocycles. The minimum Gasteiger partial charge on any atom is -0.496 e. The summed E-state index contributed by atoms with van der Waals surface area (Å²) < 4.78 is 10.8. The summed E-state index contributed by atoms with van der Waals surface area (Å²) in [4.78, 5) is 14.9. The lowest BCUT2D eigenvalue weighted by Gasteiger charge is -2.36. The monoisotopic (exact) mass is 343 g/mol. The molecule has 6 heteroatoms. The predicted molar refractivity (Wildman–Crippen MR) is 94.9 cm³/mol. The van der Waals surface area contributed by atoms with Gasteiger partial charge in [0.25, 0.3) is 5.91 Å². The maximum absolute atomic E-state index is 13.0. The van der Waals surface area contributed by atoms with Crippen LogP contribution in [-0.4, -0.2) is 42.7 Å². The summed E-state index contributed by atoms with van der Waals surface area (Å²) in [6, 6.07) is 9.49. The third-order valence-electron chi connectivity index (χ3n) is 4.86. The SMILES string of the molecule is CCC(C)c1cc(C(=O)N2CCNCC2c2ccccc2OC)on1. The average Bonchev–Trinajstić information content (AvgIpc) is 3.17. The molecule has 0 saturated carbocycles. The van der Waals surface area contributed by atoms with Crippen LogP contribution in [0.3, 0.4) is 0 Å². The molecule has 2 heterocycles. The number of piperazine rings is 1. The zero-order chi connectivity index (χ0) is 17.8. The molecule has 2 unspecified atom stereocenters. The average molecular weight is 343 g/mol. The van der Waals surface area contributed by atoms with Gasteiger partial charge in [-0.1, -0.05) is 37.2 Å². The molecule has 134 valence electrons. The van der Waals surface area contributed by atoms with Crippen molar-refractivity contribution in [3.63, 3.8) is 0 Å². The van der Waals surface area contributed by atoms with Crippen LogP contribution in [0.1, 0.15) is 54.0 Å². The molecule has 2 atom stereocenters. The fourth-order valence-corrected chi connectivity index (χ4v) is 3.14. The van der Waals surface area contributed by atoms with Gasteiger partial charge in [-0.05, 0) is 12.5 Å². The normalized spacial score (nSPS) is 18.8. The van der Waals surface area contributed by atoms with Gasteiger partial charge >= 0.3 is 0 Å². The summed E-state index contributed by atoms with van der Waals surface area (Å²) in [6.45, 7) is 6.21. The number of aromatic nitrogens is 1. The first-order chi connectivity index (χ1) is 12.2. The molecule has 1 N–H and O–H groups in total. The Balaban J connectivity index is 1.88. The van der Waals surface area contributed by atoms with Crippen molar-refractivity contribution in [1.82, 2.24) is 15.4 Å². The lowest BCUT2D eigenvalue weighted by Crippen LogP contribution is -2.48. The summed E-state index contributed by atoms with van der Waals surface area (Å²) in [7, 11) is 1.65. The van der Waals surface area contributed by atoms with Gasteiger partial charge in [0.2, 0.25) is 5.76 Å². The largest absolute Gasteiger partial charge is 0.496 e. The highest BCUT2D eigenvalue weighted by Gasteiger charge is 2.32. The number of hydrogen-bond donors (Lipinski definition) is 1. The molecule has 1 amide bonds. The number of methoxy groups -OCH3 is 1. The molecule has 1 fully saturated rings. The number of hydrogen-bond acceptors (Lipinski definition) is 5. The van der Waals surface area contributed by atoms with Crippen LogP contribution in [0.5, 0.6) is 5.75 Å². The molecule has 1 aromatic carbocycles. The number of ether oxygens (including phenoxy) is 1.